The minimum absolute atomic E-state index is 0.565. The lowest BCUT2D eigenvalue weighted by atomic mass is 9.91. The molecule has 92 valence electrons. The van der Waals surface area contributed by atoms with E-state index in [0.29, 0.717) is 6.04 Å². The van der Waals surface area contributed by atoms with Crippen LogP contribution >= 0.6 is 11.3 Å². The molecular weight excluding hydrogens is 214 g/mol. The molecule has 2 heteroatoms. The minimum atomic E-state index is 0.565. The molecule has 0 radical (unpaired) electrons. The summed E-state index contributed by atoms with van der Waals surface area (Å²) in [6, 6.07) is 2.80. The molecule has 1 unspecified atom stereocenters. The number of hydrogen-bond donors (Lipinski definition) is 1. The molecule has 0 spiro atoms. The second-order valence-corrected chi connectivity index (χ2v) is 5.42. The van der Waals surface area contributed by atoms with Crippen LogP contribution in [-0.2, 0) is 0 Å². The fourth-order valence-electron chi connectivity index (χ4n) is 2.24. The van der Waals surface area contributed by atoms with Crippen LogP contribution in [0.15, 0.2) is 11.4 Å². The molecule has 0 aliphatic heterocycles. The van der Waals surface area contributed by atoms with E-state index in [-0.39, 0.29) is 0 Å². The normalized spacial score (nSPS) is 13.3. The molecule has 1 N–H and O–H groups in total. The highest BCUT2D eigenvalue weighted by atomic mass is 32.1. The topological polar surface area (TPSA) is 12.0 Å². The van der Waals surface area contributed by atoms with Gasteiger partial charge in [0.2, 0.25) is 0 Å². The van der Waals surface area contributed by atoms with Gasteiger partial charge in [-0.1, -0.05) is 33.6 Å². The van der Waals surface area contributed by atoms with Gasteiger partial charge in [-0.2, -0.15) is 0 Å². The third-order valence-corrected chi connectivity index (χ3v) is 4.42. The Bertz CT molecular complexity index is 289. The summed E-state index contributed by atoms with van der Waals surface area (Å²) in [5.74, 6) is 0.767. The zero-order chi connectivity index (χ0) is 12.0. The van der Waals surface area contributed by atoms with Gasteiger partial charge in [-0.25, -0.2) is 0 Å². The van der Waals surface area contributed by atoms with E-state index in [2.05, 4.69) is 44.5 Å². The number of hydrogen-bond acceptors (Lipinski definition) is 2. The predicted molar refractivity (Wildman–Crippen MR) is 74.2 cm³/mol. The van der Waals surface area contributed by atoms with Gasteiger partial charge in [-0.05, 0) is 42.8 Å². The van der Waals surface area contributed by atoms with E-state index in [4.69, 9.17) is 0 Å². The molecule has 0 aromatic carbocycles. The third kappa shape index (κ3) is 3.33. The van der Waals surface area contributed by atoms with Crippen LogP contribution in [0.25, 0.3) is 0 Å². The first-order chi connectivity index (χ1) is 7.74. The summed E-state index contributed by atoms with van der Waals surface area (Å²) in [5, 5.41) is 5.94. The molecule has 1 atom stereocenters. The maximum Gasteiger partial charge on any atom is 0.0445 e. The summed E-state index contributed by atoms with van der Waals surface area (Å²) >= 11 is 1.90. The quantitative estimate of drug-likeness (QED) is 0.737. The van der Waals surface area contributed by atoms with Crippen molar-refractivity contribution in [3.05, 3.63) is 21.9 Å². The van der Waals surface area contributed by atoms with Crippen molar-refractivity contribution in [2.24, 2.45) is 5.92 Å². The molecule has 0 amide bonds. The van der Waals surface area contributed by atoms with Crippen molar-refractivity contribution in [1.29, 1.82) is 0 Å². The fraction of sp³-hybridized carbons (Fsp3) is 0.714. The first kappa shape index (κ1) is 13.7. The average Bonchev–Trinajstić information content (AvgIpc) is 2.71. The molecule has 0 aliphatic rings. The Morgan fingerprint density at radius 2 is 1.94 bits per heavy atom. The smallest absolute Gasteiger partial charge is 0.0445 e. The molecule has 1 heterocycles. The zero-order valence-corrected chi connectivity index (χ0v) is 11.9. The molecule has 1 nitrogen and oxygen atoms in total. The van der Waals surface area contributed by atoms with Gasteiger partial charge in [0, 0.05) is 10.9 Å². The van der Waals surface area contributed by atoms with Gasteiger partial charge in [0.1, 0.15) is 0 Å². The molecule has 0 bridgehead atoms. The first-order valence-electron chi connectivity index (χ1n) is 6.51. The number of aryl methyl sites for hydroxylation is 1. The molecule has 0 saturated carbocycles. The van der Waals surface area contributed by atoms with E-state index in [1.54, 1.807) is 4.88 Å². The highest BCUT2D eigenvalue weighted by Crippen LogP contribution is 2.32. The Hall–Kier alpha value is -0.340. The maximum atomic E-state index is 3.72. The van der Waals surface area contributed by atoms with Gasteiger partial charge < -0.3 is 5.32 Å². The molecule has 1 rings (SSSR count). The van der Waals surface area contributed by atoms with Crippen LogP contribution < -0.4 is 5.32 Å². The maximum absolute atomic E-state index is 3.72. The summed E-state index contributed by atoms with van der Waals surface area (Å²) in [5.41, 5.74) is 1.45. The van der Waals surface area contributed by atoms with Gasteiger partial charge in [0.25, 0.3) is 0 Å². The Morgan fingerprint density at radius 3 is 2.38 bits per heavy atom. The van der Waals surface area contributed by atoms with Crippen LogP contribution in [0, 0.1) is 12.8 Å². The Kier molecular flexibility index (Phi) is 6.07. The van der Waals surface area contributed by atoms with E-state index < -0.39 is 0 Å². The number of rotatable bonds is 7. The van der Waals surface area contributed by atoms with Crippen LogP contribution in [0.3, 0.4) is 0 Å². The van der Waals surface area contributed by atoms with Gasteiger partial charge >= 0.3 is 0 Å². The van der Waals surface area contributed by atoms with Crippen molar-refractivity contribution in [1.82, 2.24) is 5.32 Å². The Labute approximate surface area is 104 Å². The largest absolute Gasteiger partial charge is 0.309 e. The summed E-state index contributed by atoms with van der Waals surface area (Å²) in [6.07, 6.45) is 3.73. The van der Waals surface area contributed by atoms with Crippen LogP contribution in [0.5, 0.6) is 0 Å². The van der Waals surface area contributed by atoms with Crippen LogP contribution in [-0.4, -0.2) is 6.54 Å². The third-order valence-electron chi connectivity index (χ3n) is 3.32. The second kappa shape index (κ2) is 7.08. The first-order valence-corrected chi connectivity index (χ1v) is 7.39. The molecule has 16 heavy (non-hydrogen) atoms. The molecular formula is C14H25NS. The highest BCUT2D eigenvalue weighted by molar-refractivity contribution is 7.10. The van der Waals surface area contributed by atoms with E-state index in [0.717, 1.165) is 12.5 Å². The van der Waals surface area contributed by atoms with Crippen molar-refractivity contribution >= 4 is 11.3 Å². The highest BCUT2D eigenvalue weighted by Gasteiger charge is 2.21. The van der Waals surface area contributed by atoms with Crippen LogP contribution in [0.2, 0.25) is 0 Å². The van der Waals surface area contributed by atoms with E-state index in [1.165, 1.54) is 24.8 Å². The van der Waals surface area contributed by atoms with Crippen molar-refractivity contribution < 1.29 is 0 Å². The summed E-state index contributed by atoms with van der Waals surface area (Å²) in [7, 11) is 0. The lowest BCUT2D eigenvalue weighted by Gasteiger charge is -2.26. The lowest BCUT2D eigenvalue weighted by molar-refractivity contribution is 0.345. The van der Waals surface area contributed by atoms with Crippen molar-refractivity contribution in [3.8, 4) is 0 Å². The van der Waals surface area contributed by atoms with Gasteiger partial charge in [0.05, 0.1) is 0 Å². The molecule has 1 aromatic heterocycles. The standard InChI is InChI=1S/C14H25NS/c1-5-9-15-13(12(6-2)7-3)14-11(4)8-10-16-14/h8,10,12-13,15H,5-7,9H2,1-4H3. The minimum Gasteiger partial charge on any atom is -0.309 e. The Morgan fingerprint density at radius 1 is 1.25 bits per heavy atom. The number of nitrogens with one attached hydrogen (secondary N) is 1. The summed E-state index contributed by atoms with van der Waals surface area (Å²) in [6.45, 7) is 10.2. The van der Waals surface area contributed by atoms with Crippen molar-refractivity contribution in [2.75, 3.05) is 6.54 Å². The fourth-order valence-corrected chi connectivity index (χ4v) is 3.33. The van der Waals surface area contributed by atoms with Gasteiger partial charge in [-0.15, -0.1) is 11.3 Å². The van der Waals surface area contributed by atoms with Gasteiger partial charge in [-0.3, -0.25) is 0 Å². The summed E-state index contributed by atoms with van der Waals surface area (Å²) in [4.78, 5) is 1.54. The summed E-state index contributed by atoms with van der Waals surface area (Å²) < 4.78 is 0. The van der Waals surface area contributed by atoms with Gasteiger partial charge in [0.15, 0.2) is 0 Å². The average molecular weight is 239 g/mol. The monoisotopic (exact) mass is 239 g/mol. The van der Waals surface area contributed by atoms with Crippen molar-refractivity contribution in [3.63, 3.8) is 0 Å². The zero-order valence-electron chi connectivity index (χ0n) is 11.0. The van der Waals surface area contributed by atoms with Crippen molar-refractivity contribution in [2.45, 2.75) is 53.0 Å². The molecule has 0 saturated heterocycles. The molecule has 1 aromatic rings. The van der Waals surface area contributed by atoms with Crippen LogP contribution in [0.4, 0.5) is 0 Å². The molecule has 0 aliphatic carbocycles. The SMILES string of the molecule is CCCNC(c1sccc1C)C(CC)CC. The molecule has 0 fully saturated rings. The second-order valence-electron chi connectivity index (χ2n) is 4.48. The lowest BCUT2D eigenvalue weighted by Crippen LogP contribution is -2.28. The Balaban J connectivity index is 2.82. The van der Waals surface area contributed by atoms with Crippen LogP contribution in [0.1, 0.15) is 56.5 Å². The van der Waals surface area contributed by atoms with E-state index >= 15 is 0 Å². The predicted octanol–water partition coefficient (Wildman–Crippen LogP) is 4.53. The van der Waals surface area contributed by atoms with E-state index in [1.807, 2.05) is 11.3 Å². The number of thiophene rings is 1. The van der Waals surface area contributed by atoms with E-state index in [9.17, 15) is 0 Å².